The minimum absolute atomic E-state index is 0.982. The molecule has 2 aromatic heterocycles. The Morgan fingerprint density at radius 3 is 2.20 bits per heavy atom. The van der Waals surface area contributed by atoms with Crippen molar-refractivity contribution in [2.24, 2.45) is 0 Å². The second-order valence-corrected chi connectivity index (χ2v) is 12.3. The van der Waals surface area contributed by atoms with Crippen LogP contribution in [0.4, 0.5) is 0 Å². The molecule has 216 valence electrons. The van der Waals surface area contributed by atoms with Crippen LogP contribution in [0.1, 0.15) is 12.8 Å². The Hall–Kier alpha value is -5.93. The summed E-state index contributed by atoms with van der Waals surface area (Å²) < 4.78 is 4.85. The molecule has 0 fully saturated rings. The lowest BCUT2D eigenvalue weighted by molar-refractivity contribution is 0.961. The Labute approximate surface area is 265 Å². The molecule has 0 bridgehead atoms. The third kappa shape index (κ3) is 3.69. The van der Waals surface area contributed by atoms with Crippen LogP contribution in [0, 0.1) is 0 Å². The third-order valence-corrected chi connectivity index (χ3v) is 9.71. The molecule has 3 nitrogen and oxygen atoms in total. The summed E-state index contributed by atoms with van der Waals surface area (Å²) in [5.41, 5.74) is 8.22. The quantitative estimate of drug-likeness (QED) is 0.189. The summed E-state index contributed by atoms with van der Waals surface area (Å²) in [6, 6.07) is 48.6. The van der Waals surface area contributed by atoms with Gasteiger partial charge in [0.2, 0.25) is 0 Å². The molecule has 10 rings (SSSR count). The summed E-state index contributed by atoms with van der Waals surface area (Å²) in [4.78, 5) is 5.26. The van der Waals surface area contributed by atoms with Gasteiger partial charge in [-0.25, -0.2) is 4.98 Å². The molecule has 0 saturated heterocycles. The molecule has 0 atom stereocenters. The van der Waals surface area contributed by atoms with Crippen molar-refractivity contribution in [1.82, 2.24) is 14.1 Å². The Bertz CT molecular complexity index is 2740. The lowest BCUT2D eigenvalue weighted by Gasteiger charge is -2.17. The van der Waals surface area contributed by atoms with E-state index in [1.165, 1.54) is 71.0 Å². The zero-order valence-electron chi connectivity index (χ0n) is 25.2. The average Bonchev–Trinajstić information content (AvgIpc) is 3.67. The van der Waals surface area contributed by atoms with E-state index in [1.54, 1.807) is 0 Å². The molecule has 7 aromatic carbocycles. The standard InChI is InChI=1S/C43H29N3/c1-3-11-29(12-4-1)43-44-38-24-21-28-19-20-32-25-34(22-23-35(32)41(28)42(38)46(43)33-15-5-2-6-16-33)45-39-18-10-9-17-36(39)37-26-30-13-7-8-14-31(30)27-40(37)45/h1-5,7-15,17-27H,6,16H2. The number of nitrogens with zero attached hydrogens (tertiary/aromatic N) is 3. The summed E-state index contributed by atoms with van der Waals surface area (Å²) >= 11 is 0. The molecular formula is C43H29N3. The highest BCUT2D eigenvalue weighted by Crippen LogP contribution is 2.40. The van der Waals surface area contributed by atoms with Gasteiger partial charge in [0.1, 0.15) is 5.82 Å². The second-order valence-electron chi connectivity index (χ2n) is 12.3. The summed E-state index contributed by atoms with van der Waals surface area (Å²) in [5, 5.41) is 10.0. The smallest absolute Gasteiger partial charge is 0.145 e. The molecule has 0 saturated carbocycles. The normalized spacial score (nSPS) is 13.5. The highest BCUT2D eigenvalue weighted by atomic mass is 15.1. The molecule has 0 aliphatic heterocycles. The summed E-state index contributed by atoms with van der Waals surface area (Å²) in [5.74, 6) is 0.996. The number of para-hydroxylation sites is 1. The van der Waals surface area contributed by atoms with Gasteiger partial charge in [-0.15, -0.1) is 0 Å². The maximum atomic E-state index is 5.26. The number of fused-ring (bicyclic) bond motifs is 9. The van der Waals surface area contributed by atoms with Crippen molar-refractivity contribution in [3.63, 3.8) is 0 Å². The first-order valence-electron chi connectivity index (χ1n) is 16.0. The molecule has 0 N–H and O–H groups in total. The Kier molecular flexibility index (Phi) is 5.40. The van der Waals surface area contributed by atoms with Gasteiger partial charge >= 0.3 is 0 Å². The van der Waals surface area contributed by atoms with Crippen molar-refractivity contribution >= 4 is 70.9 Å². The SMILES string of the molecule is C1=CCCC(n2c(-c3ccccc3)nc3ccc4ccc5cc(-n6c7ccccc7c7cc8ccccc8cc76)ccc5c4c32)=C1. The zero-order valence-corrected chi connectivity index (χ0v) is 25.2. The average molecular weight is 588 g/mol. The minimum atomic E-state index is 0.982. The molecule has 1 aliphatic rings. The van der Waals surface area contributed by atoms with Gasteiger partial charge in [0.25, 0.3) is 0 Å². The van der Waals surface area contributed by atoms with Gasteiger partial charge in [-0.3, -0.25) is 4.57 Å². The van der Waals surface area contributed by atoms with E-state index in [0.717, 1.165) is 29.7 Å². The van der Waals surface area contributed by atoms with E-state index >= 15 is 0 Å². The predicted molar refractivity (Wildman–Crippen MR) is 195 cm³/mol. The van der Waals surface area contributed by atoms with E-state index in [1.807, 2.05) is 0 Å². The molecule has 0 spiro atoms. The molecule has 1 aliphatic carbocycles. The largest absolute Gasteiger partial charge is 0.309 e. The van der Waals surface area contributed by atoms with Crippen LogP contribution in [0.15, 0.2) is 152 Å². The second kappa shape index (κ2) is 9.79. The number of rotatable bonds is 3. The van der Waals surface area contributed by atoms with E-state index in [4.69, 9.17) is 4.98 Å². The highest BCUT2D eigenvalue weighted by molar-refractivity contribution is 6.20. The van der Waals surface area contributed by atoms with E-state index in [0.29, 0.717) is 0 Å². The molecule has 0 unspecified atom stereocenters. The Morgan fingerprint density at radius 2 is 1.33 bits per heavy atom. The summed E-state index contributed by atoms with van der Waals surface area (Å²) in [6.07, 6.45) is 8.70. The van der Waals surface area contributed by atoms with Crippen molar-refractivity contribution in [3.8, 4) is 17.1 Å². The first kappa shape index (κ1) is 25.4. The van der Waals surface area contributed by atoms with Gasteiger partial charge in [-0.2, -0.15) is 0 Å². The molecule has 0 radical (unpaired) electrons. The van der Waals surface area contributed by atoms with Gasteiger partial charge in [0.05, 0.1) is 22.1 Å². The van der Waals surface area contributed by atoms with Crippen molar-refractivity contribution < 1.29 is 0 Å². The van der Waals surface area contributed by atoms with Crippen molar-refractivity contribution in [3.05, 3.63) is 152 Å². The summed E-state index contributed by atoms with van der Waals surface area (Å²) in [7, 11) is 0. The van der Waals surface area contributed by atoms with Gasteiger partial charge in [-0.05, 0) is 82.2 Å². The Morgan fingerprint density at radius 1 is 0.543 bits per heavy atom. The number of hydrogen-bond acceptors (Lipinski definition) is 1. The van der Waals surface area contributed by atoms with Crippen LogP contribution in [0.2, 0.25) is 0 Å². The lowest BCUT2D eigenvalue weighted by atomic mass is 9.99. The van der Waals surface area contributed by atoms with E-state index in [2.05, 4.69) is 161 Å². The predicted octanol–water partition coefficient (Wildman–Crippen LogP) is 11.5. The Balaban J connectivity index is 1.27. The molecule has 0 amide bonds. The van der Waals surface area contributed by atoms with Crippen LogP contribution >= 0.6 is 0 Å². The fraction of sp³-hybridized carbons (Fsp3) is 0.0465. The molecule has 46 heavy (non-hydrogen) atoms. The topological polar surface area (TPSA) is 22.8 Å². The van der Waals surface area contributed by atoms with Crippen LogP contribution in [-0.2, 0) is 0 Å². The molecule has 3 heteroatoms. The number of imidazole rings is 1. The lowest BCUT2D eigenvalue weighted by Crippen LogP contribution is -2.02. The van der Waals surface area contributed by atoms with Gasteiger partial charge in [-0.1, -0.05) is 109 Å². The first-order chi connectivity index (χ1) is 22.8. The zero-order chi connectivity index (χ0) is 30.2. The monoisotopic (exact) mass is 587 g/mol. The van der Waals surface area contributed by atoms with E-state index in [9.17, 15) is 0 Å². The van der Waals surface area contributed by atoms with Crippen molar-refractivity contribution in [1.29, 1.82) is 0 Å². The fourth-order valence-corrected chi connectivity index (χ4v) is 7.61. The van der Waals surface area contributed by atoms with E-state index < -0.39 is 0 Å². The molecule has 2 heterocycles. The van der Waals surface area contributed by atoms with E-state index in [-0.39, 0.29) is 0 Å². The van der Waals surface area contributed by atoms with Crippen LogP contribution in [0.25, 0.3) is 87.9 Å². The maximum Gasteiger partial charge on any atom is 0.145 e. The van der Waals surface area contributed by atoms with Crippen molar-refractivity contribution in [2.45, 2.75) is 12.8 Å². The third-order valence-electron chi connectivity index (χ3n) is 9.71. The maximum absolute atomic E-state index is 5.26. The molecular weight excluding hydrogens is 558 g/mol. The molecule has 9 aromatic rings. The number of aromatic nitrogens is 3. The van der Waals surface area contributed by atoms with Gasteiger partial charge < -0.3 is 4.57 Å². The minimum Gasteiger partial charge on any atom is -0.309 e. The number of benzene rings is 7. The van der Waals surface area contributed by atoms with Crippen LogP contribution in [0.3, 0.4) is 0 Å². The highest BCUT2D eigenvalue weighted by Gasteiger charge is 2.20. The first-order valence-corrected chi connectivity index (χ1v) is 16.0. The number of hydrogen-bond donors (Lipinski definition) is 0. The van der Waals surface area contributed by atoms with Crippen LogP contribution in [-0.4, -0.2) is 14.1 Å². The van der Waals surface area contributed by atoms with Gasteiger partial charge in [0, 0.05) is 33.1 Å². The van der Waals surface area contributed by atoms with Crippen molar-refractivity contribution in [2.75, 3.05) is 0 Å². The number of allylic oxidation sites excluding steroid dienone is 4. The van der Waals surface area contributed by atoms with Crippen LogP contribution < -0.4 is 0 Å². The fourth-order valence-electron chi connectivity index (χ4n) is 7.61. The van der Waals surface area contributed by atoms with Gasteiger partial charge in [0.15, 0.2) is 0 Å². The van der Waals surface area contributed by atoms with Crippen LogP contribution in [0.5, 0.6) is 0 Å². The summed E-state index contributed by atoms with van der Waals surface area (Å²) in [6.45, 7) is 0.